The van der Waals surface area contributed by atoms with Gasteiger partial charge in [0.2, 0.25) is 0 Å². The van der Waals surface area contributed by atoms with Crippen LogP contribution in [0.3, 0.4) is 0 Å². The van der Waals surface area contributed by atoms with Crippen LogP contribution >= 0.6 is 11.3 Å². The summed E-state index contributed by atoms with van der Waals surface area (Å²) in [5.41, 5.74) is 11.7. The normalized spacial score (nSPS) is 14.5. The Bertz CT molecular complexity index is 568. The van der Waals surface area contributed by atoms with Crippen LogP contribution in [0.25, 0.3) is 11.1 Å². The van der Waals surface area contributed by atoms with Crippen molar-refractivity contribution in [1.82, 2.24) is 0 Å². The predicted molar refractivity (Wildman–Crippen MR) is 80.2 cm³/mol. The maximum absolute atomic E-state index is 6.14. The number of thiophene rings is 1. The van der Waals surface area contributed by atoms with Crippen molar-refractivity contribution >= 4 is 16.3 Å². The number of rotatable bonds is 2. The monoisotopic (exact) mass is 257 g/mol. The Kier molecular flexibility index (Phi) is 3.13. The van der Waals surface area contributed by atoms with Crippen molar-refractivity contribution in [2.45, 2.75) is 39.0 Å². The zero-order chi connectivity index (χ0) is 12.5. The van der Waals surface area contributed by atoms with Crippen LogP contribution < -0.4 is 5.73 Å². The summed E-state index contributed by atoms with van der Waals surface area (Å²) < 4.78 is 0. The Morgan fingerprint density at radius 3 is 2.61 bits per heavy atom. The van der Waals surface area contributed by atoms with Crippen molar-refractivity contribution in [1.29, 1.82) is 0 Å². The van der Waals surface area contributed by atoms with Crippen molar-refractivity contribution in [2.75, 3.05) is 5.73 Å². The quantitative estimate of drug-likeness (QED) is 0.845. The number of hydrogen-bond donors (Lipinski definition) is 1. The number of anilines is 1. The lowest BCUT2D eigenvalue weighted by Crippen LogP contribution is -2.02. The van der Waals surface area contributed by atoms with Crippen LogP contribution in [0.2, 0.25) is 0 Å². The van der Waals surface area contributed by atoms with Crippen LogP contribution in [0.15, 0.2) is 24.3 Å². The Balaban J connectivity index is 2.03. The van der Waals surface area contributed by atoms with Crippen molar-refractivity contribution < 1.29 is 0 Å². The molecule has 1 aromatic heterocycles. The van der Waals surface area contributed by atoms with E-state index in [4.69, 9.17) is 5.73 Å². The number of hydrogen-bond acceptors (Lipinski definition) is 2. The molecule has 1 heterocycles. The highest BCUT2D eigenvalue weighted by Crippen LogP contribution is 2.36. The van der Waals surface area contributed by atoms with Gasteiger partial charge in [0.15, 0.2) is 0 Å². The number of benzene rings is 1. The fraction of sp³-hybridized carbons (Fsp3) is 0.375. The van der Waals surface area contributed by atoms with Gasteiger partial charge in [0.05, 0.1) is 5.00 Å². The maximum atomic E-state index is 6.14. The third kappa shape index (κ3) is 2.05. The van der Waals surface area contributed by atoms with E-state index in [0.717, 1.165) is 11.4 Å². The molecule has 0 atom stereocenters. The lowest BCUT2D eigenvalue weighted by atomic mass is 9.89. The minimum Gasteiger partial charge on any atom is -0.390 e. The molecule has 1 aliphatic rings. The van der Waals surface area contributed by atoms with Gasteiger partial charge in [-0.05, 0) is 54.9 Å². The molecular formula is C16H19NS. The number of aryl methyl sites for hydroxylation is 3. The average Bonchev–Trinajstić information content (AvgIpc) is 2.79. The van der Waals surface area contributed by atoms with E-state index in [2.05, 4.69) is 31.2 Å². The van der Waals surface area contributed by atoms with Crippen LogP contribution in [0.1, 0.15) is 35.8 Å². The van der Waals surface area contributed by atoms with E-state index < -0.39 is 0 Å². The second-order valence-electron chi connectivity index (χ2n) is 5.03. The van der Waals surface area contributed by atoms with E-state index in [1.165, 1.54) is 52.8 Å². The first-order chi connectivity index (χ1) is 8.78. The first kappa shape index (κ1) is 11.8. The molecule has 0 radical (unpaired) electrons. The lowest BCUT2D eigenvalue weighted by molar-refractivity contribution is 0.686. The number of nitrogen functional groups attached to an aromatic ring is 1. The highest BCUT2D eigenvalue weighted by atomic mass is 32.1. The number of fused-ring (bicyclic) bond motifs is 1. The second-order valence-corrected chi connectivity index (χ2v) is 6.20. The molecule has 0 saturated carbocycles. The molecule has 0 bridgehead atoms. The van der Waals surface area contributed by atoms with Gasteiger partial charge in [0, 0.05) is 10.4 Å². The van der Waals surface area contributed by atoms with Gasteiger partial charge >= 0.3 is 0 Å². The van der Waals surface area contributed by atoms with Crippen molar-refractivity contribution in [3.05, 3.63) is 40.3 Å². The summed E-state index contributed by atoms with van der Waals surface area (Å²) in [6.45, 7) is 2.18. The molecule has 0 aliphatic heterocycles. The first-order valence-corrected chi connectivity index (χ1v) is 7.60. The van der Waals surface area contributed by atoms with E-state index in [1.807, 2.05) is 0 Å². The molecular weight excluding hydrogens is 238 g/mol. The summed E-state index contributed by atoms with van der Waals surface area (Å²) >= 11 is 1.72. The Morgan fingerprint density at radius 1 is 1.11 bits per heavy atom. The summed E-state index contributed by atoms with van der Waals surface area (Å²) in [5.74, 6) is 0. The van der Waals surface area contributed by atoms with Crippen molar-refractivity contribution in [3.63, 3.8) is 0 Å². The van der Waals surface area contributed by atoms with Gasteiger partial charge in [0.1, 0.15) is 0 Å². The smallest absolute Gasteiger partial charge is 0.0938 e. The molecule has 2 aromatic rings. The Morgan fingerprint density at radius 2 is 1.89 bits per heavy atom. The zero-order valence-electron chi connectivity index (χ0n) is 10.8. The third-order valence-corrected chi connectivity index (χ3v) is 4.93. The van der Waals surface area contributed by atoms with Gasteiger partial charge in [0.25, 0.3) is 0 Å². The van der Waals surface area contributed by atoms with Gasteiger partial charge in [-0.25, -0.2) is 0 Å². The molecule has 94 valence electrons. The molecule has 1 aliphatic carbocycles. The minimum atomic E-state index is 0.961. The summed E-state index contributed by atoms with van der Waals surface area (Å²) in [5, 5.41) is 0.961. The molecule has 0 fully saturated rings. The van der Waals surface area contributed by atoms with Crippen LogP contribution in [-0.4, -0.2) is 0 Å². The van der Waals surface area contributed by atoms with Crippen molar-refractivity contribution in [3.8, 4) is 11.1 Å². The minimum absolute atomic E-state index is 0.961. The molecule has 2 N–H and O–H groups in total. The fourth-order valence-electron chi connectivity index (χ4n) is 2.76. The van der Waals surface area contributed by atoms with Gasteiger partial charge < -0.3 is 5.73 Å². The molecule has 0 spiro atoms. The fourth-order valence-corrected chi connectivity index (χ4v) is 3.65. The first-order valence-electron chi connectivity index (χ1n) is 6.78. The molecule has 2 heteroatoms. The Hall–Kier alpha value is -1.28. The lowest BCUT2D eigenvalue weighted by Gasteiger charge is -2.16. The molecule has 18 heavy (non-hydrogen) atoms. The van der Waals surface area contributed by atoms with Gasteiger partial charge in [-0.3, -0.25) is 0 Å². The van der Waals surface area contributed by atoms with Gasteiger partial charge in [-0.1, -0.05) is 25.1 Å². The van der Waals surface area contributed by atoms with E-state index in [9.17, 15) is 0 Å². The second kappa shape index (κ2) is 4.77. The number of nitrogens with two attached hydrogens (primary N) is 1. The molecule has 0 saturated heterocycles. The van der Waals surface area contributed by atoms with Crippen molar-refractivity contribution in [2.24, 2.45) is 0 Å². The van der Waals surface area contributed by atoms with Crippen LogP contribution in [0, 0.1) is 0 Å². The standard InChI is InChI=1S/C16H19NS/c1-2-14-10-15(16(17)18-14)13-8-7-11-5-3-4-6-12(11)9-13/h7-10H,2-6,17H2,1H3. The predicted octanol–water partition coefficient (Wildman–Crippen LogP) is 4.44. The summed E-state index contributed by atoms with van der Waals surface area (Å²) in [7, 11) is 0. The molecule has 3 rings (SSSR count). The van der Waals surface area contributed by atoms with Gasteiger partial charge in [-0.15, -0.1) is 11.3 Å². The molecule has 0 amide bonds. The van der Waals surface area contributed by atoms with E-state index in [1.54, 1.807) is 11.3 Å². The van der Waals surface area contributed by atoms with Crippen LogP contribution in [0.5, 0.6) is 0 Å². The van der Waals surface area contributed by atoms with E-state index in [0.29, 0.717) is 0 Å². The topological polar surface area (TPSA) is 26.0 Å². The summed E-state index contributed by atoms with van der Waals surface area (Å²) in [6, 6.07) is 9.14. The largest absolute Gasteiger partial charge is 0.390 e. The molecule has 0 unspecified atom stereocenters. The SMILES string of the molecule is CCc1cc(-c2ccc3c(c2)CCCC3)c(N)s1. The maximum Gasteiger partial charge on any atom is 0.0938 e. The van der Waals surface area contributed by atoms with E-state index in [-0.39, 0.29) is 0 Å². The van der Waals surface area contributed by atoms with Gasteiger partial charge in [-0.2, -0.15) is 0 Å². The molecule has 1 aromatic carbocycles. The van der Waals surface area contributed by atoms with Crippen LogP contribution in [0.4, 0.5) is 5.00 Å². The highest BCUT2D eigenvalue weighted by Gasteiger charge is 2.12. The molecule has 1 nitrogen and oxygen atoms in total. The zero-order valence-corrected chi connectivity index (χ0v) is 11.6. The third-order valence-electron chi connectivity index (χ3n) is 3.82. The average molecular weight is 257 g/mol. The highest BCUT2D eigenvalue weighted by molar-refractivity contribution is 7.16. The van der Waals surface area contributed by atoms with E-state index >= 15 is 0 Å². The summed E-state index contributed by atoms with van der Waals surface area (Å²) in [4.78, 5) is 1.38. The Labute approximate surface area is 113 Å². The van der Waals surface area contributed by atoms with Crippen LogP contribution in [-0.2, 0) is 19.3 Å². The summed E-state index contributed by atoms with van der Waals surface area (Å²) in [6.07, 6.45) is 6.21.